The fourth-order valence-corrected chi connectivity index (χ4v) is 2.55. The minimum absolute atomic E-state index is 0.0511. The van der Waals surface area contributed by atoms with Crippen molar-refractivity contribution < 1.29 is 9.47 Å². The van der Waals surface area contributed by atoms with Gasteiger partial charge in [-0.1, -0.05) is 0 Å². The summed E-state index contributed by atoms with van der Waals surface area (Å²) >= 11 is 0. The lowest BCUT2D eigenvalue weighted by molar-refractivity contribution is 0.232. The van der Waals surface area contributed by atoms with Gasteiger partial charge in [-0.05, 0) is 39.8 Å². The molecule has 0 radical (unpaired) electrons. The Kier molecular flexibility index (Phi) is 5.06. The van der Waals surface area contributed by atoms with Gasteiger partial charge >= 0.3 is 0 Å². The molecule has 3 rings (SSSR count). The number of aromatic nitrogens is 4. The van der Waals surface area contributed by atoms with E-state index in [0.29, 0.717) is 11.8 Å². The summed E-state index contributed by atoms with van der Waals surface area (Å²) in [6, 6.07) is 7.63. The molecule has 7 heteroatoms. The lowest BCUT2D eigenvalue weighted by Crippen LogP contribution is -2.09. The Bertz CT molecular complexity index is 905. The maximum atomic E-state index is 5.67. The first-order valence-electron chi connectivity index (χ1n) is 8.43. The van der Waals surface area contributed by atoms with E-state index in [-0.39, 0.29) is 6.10 Å². The minimum atomic E-state index is 0.0511. The topological polar surface area (TPSA) is 74.1 Å². The quantitative estimate of drug-likeness (QED) is 0.726. The molecular weight excluding hydrogens is 330 g/mol. The molecule has 2 heterocycles. The summed E-state index contributed by atoms with van der Waals surface area (Å²) < 4.78 is 13.1. The first kappa shape index (κ1) is 17.7. The molecule has 0 fully saturated rings. The summed E-state index contributed by atoms with van der Waals surface area (Å²) in [5.41, 5.74) is 3.51. The number of hydrogen-bond donors (Lipinski definition) is 1. The van der Waals surface area contributed by atoms with E-state index < -0.39 is 0 Å². The average Bonchev–Trinajstić information content (AvgIpc) is 2.99. The third-order valence-corrected chi connectivity index (χ3v) is 3.61. The number of aryl methyl sites for hydroxylation is 2. The lowest BCUT2D eigenvalue weighted by Gasteiger charge is -2.13. The second kappa shape index (κ2) is 7.43. The zero-order valence-electron chi connectivity index (χ0n) is 15.6. The Morgan fingerprint density at radius 3 is 2.54 bits per heavy atom. The van der Waals surface area contributed by atoms with Gasteiger partial charge in [-0.3, -0.25) is 0 Å². The van der Waals surface area contributed by atoms with Crippen LogP contribution in [-0.4, -0.2) is 32.7 Å². The fourth-order valence-electron chi connectivity index (χ4n) is 2.55. The van der Waals surface area contributed by atoms with Crippen molar-refractivity contribution in [3.05, 3.63) is 48.2 Å². The number of nitrogens with one attached hydrogen (secondary N) is 1. The molecule has 0 aliphatic heterocycles. The highest BCUT2D eigenvalue weighted by Crippen LogP contribution is 2.28. The van der Waals surface area contributed by atoms with Crippen LogP contribution in [0.2, 0.25) is 0 Å². The normalized spacial score (nSPS) is 10.8. The Morgan fingerprint density at radius 1 is 1.08 bits per heavy atom. The third kappa shape index (κ3) is 4.11. The summed E-state index contributed by atoms with van der Waals surface area (Å²) in [5, 5.41) is 3.21. The molecule has 1 N–H and O–H groups in total. The summed E-state index contributed by atoms with van der Waals surface area (Å²) in [5.74, 6) is 1.75. The number of nitrogens with zero attached hydrogens (tertiary/aromatic N) is 4. The highest BCUT2D eigenvalue weighted by atomic mass is 16.5. The van der Waals surface area contributed by atoms with E-state index in [2.05, 4.69) is 20.3 Å². The highest BCUT2D eigenvalue weighted by molar-refractivity contribution is 5.62. The number of methoxy groups -OCH3 is 1. The van der Waals surface area contributed by atoms with Gasteiger partial charge in [0, 0.05) is 29.7 Å². The first-order valence-corrected chi connectivity index (χ1v) is 8.43. The summed E-state index contributed by atoms with van der Waals surface area (Å²) in [6.45, 7) is 7.79. The summed E-state index contributed by atoms with van der Waals surface area (Å²) in [7, 11) is 1.64. The molecule has 0 saturated carbocycles. The van der Waals surface area contributed by atoms with Crippen molar-refractivity contribution in [2.75, 3.05) is 12.4 Å². The molecule has 3 aromatic rings. The number of ether oxygens (including phenoxy) is 2. The van der Waals surface area contributed by atoms with Gasteiger partial charge in [0.1, 0.15) is 5.75 Å². The van der Waals surface area contributed by atoms with Gasteiger partial charge in [0.05, 0.1) is 30.9 Å². The van der Waals surface area contributed by atoms with Crippen molar-refractivity contribution in [1.29, 1.82) is 0 Å². The monoisotopic (exact) mass is 353 g/mol. The number of benzene rings is 1. The van der Waals surface area contributed by atoms with Crippen LogP contribution in [0.25, 0.3) is 5.69 Å². The SMILES string of the molecule is COc1cc(Nc2nc(C)cc(OC(C)C)n2)ccc1-n1cnc(C)c1. The Labute approximate surface area is 153 Å². The van der Waals surface area contributed by atoms with E-state index in [1.807, 2.05) is 62.7 Å². The Morgan fingerprint density at radius 2 is 1.88 bits per heavy atom. The smallest absolute Gasteiger partial charge is 0.230 e. The highest BCUT2D eigenvalue weighted by Gasteiger charge is 2.10. The Balaban J connectivity index is 1.88. The largest absolute Gasteiger partial charge is 0.494 e. The van der Waals surface area contributed by atoms with E-state index in [4.69, 9.17) is 9.47 Å². The van der Waals surface area contributed by atoms with Gasteiger partial charge < -0.3 is 19.4 Å². The number of hydrogen-bond acceptors (Lipinski definition) is 6. The van der Waals surface area contributed by atoms with Gasteiger partial charge in [-0.25, -0.2) is 9.97 Å². The van der Waals surface area contributed by atoms with Crippen molar-refractivity contribution in [2.45, 2.75) is 33.8 Å². The van der Waals surface area contributed by atoms with E-state index in [1.165, 1.54) is 0 Å². The number of imidazole rings is 1. The van der Waals surface area contributed by atoms with E-state index >= 15 is 0 Å². The summed E-state index contributed by atoms with van der Waals surface area (Å²) in [6.07, 6.45) is 3.76. The van der Waals surface area contributed by atoms with Crippen LogP contribution in [0.1, 0.15) is 25.2 Å². The fraction of sp³-hybridized carbons (Fsp3) is 0.316. The van der Waals surface area contributed by atoms with Crippen molar-refractivity contribution in [2.24, 2.45) is 0 Å². The molecule has 0 saturated heterocycles. The molecule has 0 bridgehead atoms. The molecule has 0 amide bonds. The predicted molar refractivity (Wildman–Crippen MR) is 101 cm³/mol. The van der Waals surface area contributed by atoms with Crippen molar-refractivity contribution in [3.8, 4) is 17.3 Å². The van der Waals surface area contributed by atoms with Gasteiger partial charge in [-0.15, -0.1) is 0 Å². The molecule has 0 aliphatic rings. The van der Waals surface area contributed by atoms with Crippen molar-refractivity contribution >= 4 is 11.6 Å². The van der Waals surface area contributed by atoms with Crippen LogP contribution in [0.15, 0.2) is 36.8 Å². The van der Waals surface area contributed by atoms with Crippen LogP contribution in [0.4, 0.5) is 11.6 Å². The number of rotatable bonds is 6. The number of anilines is 2. The Hall–Kier alpha value is -3.09. The molecule has 1 aromatic carbocycles. The molecule has 136 valence electrons. The third-order valence-electron chi connectivity index (χ3n) is 3.61. The van der Waals surface area contributed by atoms with Gasteiger partial charge in [0.15, 0.2) is 0 Å². The van der Waals surface area contributed by atoms with Crippen LogP contribution in [0.5, 0.6) is 11.6 Å². The maximum absolute atomic E-state index is 5.67. The van der Waals surface area contributed by atoms with Gasteiger partial charge in [0.2, 0.25) is 11.8 Å². The molecule has 0 atom stereocenters. The average molecular weight is 353 g/mol. The molecule has 7 nitrogen and oxygen atoms in total. The summed E-state index contributed by atoms with van der Waals surface area (Å²) in [4.78, 5) is 13.1. The van der Waals surface area contributed by atoms with Crippen LogP contribution in [0, 0.1) is 13.8 Å². The molecular formula is C19H23N5O2. The molecule has 0 aliphatic carbocycles. The van der Waals surface area contributed by atoms with Crippen LogP contribution in [0.3, 0.4) is 0 Å². The van der Waals surface area contributed by atoms with E-state index in [0.717, 1.165) is 28.5 Å². The molecule has 0 unspecified atom stereocenters. The molecule has 26 heavy (non-hydrogen) atoms. The van der Waals surface area contributed by atoms with Crippen molar-refractivity contribution in [3.63, 3.8) is 0 Å². The maximum Gasteiger partial charge on any atom is 0.230 e. The second-order valence-electron chi connectivity index (χ2n) is 6.27. The predicted octanol–water partition coefficient (Wildman–Crippen LogP) is 3.82. The molecule has 2 aromatic heterocycles. The van der Waals surface area contributed by atoms with Crippen LogP contribution in [-0.2, 0) is 0 Å². The first-order chi connectivity index (χ1) is 12.4. The van der Waals surface area contributed by atoms with E-state index in [9.17, 15) is 0 Å². The van der Waals surface area contributed by atoms with Gasteiger partial charge in [0.25, 0.3) is 0 Å². The van der Waals surface area contributed by atoms with Gasteiger partial charge in [-0.2, -0.15) is 4.98 Å². The minimum Gasteiger partial charge on any atom is -0.494 e. The molecule has 0 spiro atoms. The van der Waals surface area contributed by atoms with Crippen molar-refractivity contribution in [1.82, 2.24) is 19.5 Å². The zero-order chi connectivity index (χ0) is 18.7. The van der Waals surface area contributed by atoms with Crippen LogP contribution >= 0.6 is 0 Å². The standard InChI is InChI=1S/C19H23N5O2/c1-12(2)26-18-8-13(3)21-19(23-18)22-15-6-7-16(17(9-15)25-5)24-10-14(4)20-11-24/h6-12H,1-5H3,(H,21,22,23). The zero-order valence-corrected chi connectivity index (χ0v) is 15.6. The lowest BCUT2D eigenvalue weighted by atomic mass is 10.2. The second-order valence-corrected chi connectivity index (χ2v) is 6.27. The van der Waals surface area contributed by atoms with Crippen LogP contribution < -0.4 is 14.8 Å². The van der Waals surface area contributed by atoms with E-state index in [1.54, 1.807) is 13.4 Å².